The fraction of sp³-hybridized carbons (Fsp3) is 0.143. The van der Waals surface area contributed by atoms with Crippen molar-refractivity contribution >= 4 is 26.7 Å². The summed E-state index contributed by atoms with van der Waals surface area (Å²) in [7, 11) is -3.99. The van der Waals surface area contributed by atoms with Crippen LogP contribution in [-0.2, 0) is 22.7 Å². The van der Waals surface area contributed by atoms with Crippen LogP contribution in [0.4, 0.5) is 18.3 Å². The minimum absolute atomic E-state index is 0.0342. The summed E-state index contributed by atoms with van der Waals surface area (Å²) in [6.45, 7) is 1.93. The monoisotopic (exact) mass is 520 g/mol. The minimum atomic E-state index is -4.56. The number of rotatable bonds is 7. The molecule has 4 rings (SSSR count). The molecule has 0 unspecified atom stereocenters. The average molecular weight is 521 g/mol. The lowest BCUT2D eigenvalue weighted by atomic mass is 10.1. The first kappa shape index (κ1) is 24.2. The van der Waals surface area contributed by atoms with Crippen LogP contribution in [0.2, 0.25) is 0 Å². The van der Waals surface area contributed by atoms with Gasteiger partial charge in [0.2, 0.25) is 5.13 Å². The van der Waals surface area contributed by atoms with Gasteiger partial charge in [0.25, 0.3) is 10.0 Å². The summed E-state index contributed by atoms with van der Waals surface area (Å²) in [5.41, 5.74) is -0.231. The first-order valence-corrected chi connectivity index (χ1v) is 12.1. The van der Waals surface area contributed by atoms with Crippen molar-refractivity contribution in [3.63, 3.8) is 0 Å². The molecule has 9 nitrogen and oxygen atoms in total. The fourth-order valence-corrected chi connectivity index (χ4v) is 4.78. The molecule has 0 fully saturated rings. The van der Waals surface area contributed by atoms with Crippen LogP contribution < -0.4 is 9.46 Å². The van der Waals surface area contributed by atoms with Crippen molar-refractivity contribution in [1.29, 1.82) is 5.26 Å². The van der Waals surface area contributed by atoms with Gasteiger partial charge < -0.3 is 4.74 Å². The minimum Gasteiger partial charge on any atom is -0.456 e. The Morgan fingerprint density at radius 2 is 1.91 bits per heavy atom. The number of sulfonamides is 1. The molecule has 0 spiro atoms. The predicted octanol–water partition coefficient (Wildman–Crippen LogP) is 4.91. The first-order chi connectivity index (χ1) is 16.6. The smallest absolute Gasteiger partial charge is 0.435 e. The van der Waals surface area contributed by atoms with E-state index in [4.69, 9.17) is 4.74 Å². The molecule has 2 heterocycles. The van der Waals surface area contributed by atoms with Crippen molar-refractivity contribution < 1.29 is 26.3 Å². The van der Waals surface area contributed by atoms with E-state index in [1.807, 2.05) is 6.07 Å². The molecule has 0 aliphatic carbocycles. The van der Waals surface area contributed by atoms with E-state index in [1.54, 1.807) is 19.1 Å². The van der Waals surface area contributed by atoms with Crippen molar-refractivity contribution in [2.45, 2.75) is 24.5 Å². The number of hydrogen-bond acceptors (Lipinski definition) is 8. The molecule has 0 saturated carbocycles. The van der Waals surface area contributed by atoms with Crippen molar-refractivity contribution in [3.05, 3.63) is 66.1 Å². The summed E-state index contributed by atoms with van der Waals surface area (Å²) < 4.78 is 77.1. The average Bonchev–Trinajstić information content (AvgIpc) is 3.49. The zero-order valence-corrected chi connectivity index (χ0v) is 19.4. The van der Waals surface area contributed by atoms with Gasteiger partial charge in [-0.05, 0) is 55.5 Å². The Morgan fingerprint density at radius 3 is 2.51 bits per heavy atom. The van der Waals surface area contributed by atoms with E-state index in [1.165, 1.54) is 35.3 Å². The summed E-state index contributed by atoms with van der Waals surface area (Å²) in [5.74, 6) is 0.402. The Labute approximate surface area is 201 Å². The zero-order valence-electron chi connectivity index (χ0n) is 17.8. The van der Waals surface area contributed by atoms with E-state index >= 15 is 0 Å². The maximum absolute atomic E-state index is 13.0. The van der Waals surface area contributed by atoms with E-state index in [0.717, 1.165) is 23.7 Å². The molecule has 0 atom stereocenters. The number of nitrogens with one attached hydrogen (secondary N) is 1. The van der Waals surface area contributed by atoms with E-state index in [9.17, 15) is 26.9 Å². The molecule has 0 amide bonds. The van der Waals surface area contributed by atoms with E-state index in [0.29, 0.717) is 17.0 Å². The van der Waals surface area contributed by atoms with Gasteiger partial charge in [-0.15, -0.1) is 0 Å². The highest BCUT2D eigenvalue weighted by atomic mass is 32.2. The Balaban J connectivity index is 1.56. The maximum atomic E-state index is 13.0. The van der Waals surface area contributed by atoms with Crippen LogP contribution in [0, 0.1) is 11.3 Å². The molecule has 4 aromatic rings. The molecule has 0 bridgehead atoms. The molecule has 35 heavy (non-hydrogen) atoms. The van der Waals surface area contributed by atoms with Gasteiger partial charge in [-0.1, -0.05) is 0 Å². The molecular weight excluding hydrogens is 505 g/mol. The Hall–Kier alpha value is -3.96. The Morgan fingerprint density at radius 1 is 1.17 bits per heavy atom. The highest BCUT2D eigenvalue weighted by molar-refractivity contribution is 7.93. The molecule has 180 valence electrons. The van der Waals surface area contributed by atoms with Crippen molar-refractivity contribution in [2.75, 3.05) is 4.72 Å². The number of anilines is 1. The van der Waals surface area contributed by atoms with Crippen molar-refractivity contribution in [2.24, 2.45) is 0 Å². The topological polar surface area (TPSA) is 123 Å². The van der Waals surface area contributed by atoms with Crippen LogP contribution >= 0.6 is 11.5 Å². The van der Waals surface area contributed by atoms with Crippen LogP contribution in [0.25, 0.3) is 11.3 Å². The van der Waals surface area contributed by atoms with Crippen molar-refractivity contribution in [3.8, 4) is 28.8 Å². The van der Waals surface area contributed by atoms with Crippen LogP contribution in [0.5, 0.6) is 11.5 Å². The summed E-state index contributed by atoms with van der Waals surface area (Å²) >= 11 is 0.861. The van der Waals surface area contributed by atoms with Gasteiger partial charge in [0, 0.05) is 23.6 Å². The zero-order chi connectivity index (χ0) is 25.2. The molecule has 2 aromatic carbocycles. The SMILES string of the molecule is CCn1nc(C(F)(F)F)cc1-c1ccc(Oc2ccc(S(=O)(=O)Nc3ncns3)cc2C#N)cc1. The summed E-state index contributed by atoms with van der Waals surface area (Å²) in [5, 5.41) is 13.2. The van der Waals surface area contributed by atoms with Gasteiger partial charge in [-0.2, -0.15) is 27.9 Å². The van der Waals surface area contributed by atoms with Crippen LogP contribution in [-0.4, -0.2) is 27.6 Å². The van der Waals surface area contributed by atoms with Gasteiger partial charge in [-0.3, -0.25) is 9.40 Å². The lowest BCUT2D eigenvalue weighted by molar-refractivity contribution is -0.141. The number of alkyl halides is 3. The molecule has 0 aliphatic rings. The van der Waals surface area contributed by atoms with Gasteiger partial charge in [0.05, 0.1) is 16.2 Å². The quantitative estimate of drug-likeness (QED) is 0.367. The maximum Gasteiger partial charge on any atom is 0.435 e. The van der Waals surface area contributed by atoms with Crippen LogP contribution in [0.3, 0.4) is 0 Å². The Kier molecular flexibility index (Phi) is 6.46. The standard InChI is InChI=1S/C21H15F3N6O3S2/c1-2-30-17(10-19(28-30)21(22,23)24)13-3-5-15(6-4-13)33-18-8-7-16(9-14(18)11-25)35(31,32)29-20-26-12-27-34-20/h3-10,12H,2H2,1H3,(H,26,27,29). The molecule has 0 radical (unpaired) electrons. The predicted molar refractivity (Wildman–Crippen MR) is 120 cm³/mol. The fourth-order valence-electron chi connectivity index (χ4n) is 3.09. The number of benzene rings is 2. The molecule has 1 N–H and O–H groups in total. The van der Waals surface area contributed by atoms with Crippen molar-refractivity contribution in [1.82, 2.24) is 19.1 Å². The van der Waals surface area contributed by atoms with E-state index in [-0.39, 0.29) is 27.9 Å². The number of halogens is 3. The second kappa shape index (κ2) is 9.35. The van der Waals surface area contributed by atoms with E-state index in [2.05, 4.69) is 19.2 Å². The molecule has 0 aliphatic heterocycles. The molecule has 14 heteroatoms. The molecule has 0 saturated heterocycles. The number of hydrogen-bond donors (Lipinski definition) is 1. The highest BCUT2D eigenvalue weighted by Gasteiger charge is 2.35. The second-order valence-corrected chi connectivity index (χ2v) is 9.44. The Bertz CT molecular complexity index is 1490. The van der Waals surface area contributed by atoms with Gasteiger partial charge in [0.15, 0.2) is 5.69 Å². The third kappa shape index (κ3) is 5.26. The lowest BCUT2D eigenvalue weighted by Gasteiger charge is -2.11. The summed E-state index contributed by atoms with van der Waals surface area (Å²) in [6, 6.07) is 12.8. The third-order valence-corrected chi connectivity index (χ3v) is 6.76. The normalized spacial score (nSPS) is 11.7. The van der Waals surface area contributed by atoms with Gasteiger partial charge in [0.1, 0.15) is 23.9 Å². The molecular formula is C21H15F3N6O3S2. The third-order valence-electron chi connectivity index (χ3n) is 4.71. The number of nitrogens with zero attached hydrogens (tertiary/aromatic N) is 5. The largest absolute Gasteiger partial charge is 0.456 e. The first-order valence-electron chi connectivity index (χ1n) is 9.87. The second-order valence-electron chi connectivity index (χ2n) is 6.98. The van der Waals surface area contributed by atoms with Gasteiger partial charge in [-0.25, -0.2) is 13.4 Å². The lowest BCUT2D eigenvalue weighted by Crippen LogP contribution is -2.13. The number of aromatic nitrogens is 4. The summed E-state index contributed by atoms with van der Waals surface area (Å²) in [6.07, 6.45) is -3.35. The summed E-state index contributed by atoms with van der Waals surface area (Å²) in [4.78, 5) is 3.60. The highest BCUT2D eigenvalue weighted by Crippen LogP contribution is 2.33. The van der Waals surface area contributed by atoms with Crippen LogP contribution in [0.15, 0.2) is 59.8 Å². The number of aryl methyl sites for hydroxylation is 1. The van der Waals surface area contributed by atoms with E-state index < -0.39 is 21.9 Å². The number of nitriles is 1. The number of ether oxygens (including phenoxy) is 1. The molecule has 2 aromatic heterocycles. The van der Waals surface area contributed by atoms with Crippen LogP contribution in [0.1, 0.15) is 18.2 Å². The van der Waals surface area contributed by atoms with Gasteiger partial charge >= 0.3 is 6.18 Å².